The van der Waals surface area contributed by atoms with Gasteiger partial charge in [-0.3, -0.25) is 19.3 Å². The normalized spacial score (nSPS) is 20.8. The summed E-state index contributed by atoms with van der Waals surface area (Å²) in [4.78, 5) is 52.7. The van der Waals surface area contributed by atoms with E-state index in [-0.39, 0.29) is 18.0 Å². The topological polar surface area (TPSA) is 113 Å². The third-order valence-corrected chi connectivity index (χ3v) is 5.93. The van der Waals surface area contributed by atoms with Crippen LogP contribution in [0.15, 0.2) is 48.5 Å². The van der Waals surface area contributed by atoms with Gasteiger partial charge in [0, 0.05) is 24.2 Å². The standard InChI is InChI=1S/C23H24N4O4/c1-23(18-6-4-5-17(13-18)19(24)28)21(30)27(22(31)25-23)14-15-7-9-16(10-8-15)20(29)26-11-2-3-12-26/h4-10,13H,2-3,11-12,14H2,1H3,(H2,24,28)(H,25,31). The highest BCUT2D eigenvalue weighted by Crippen LogP contribution is 2.30. The molecule has 0 saturated carbocycles. The fourth-order valence-electron chi connectivity index (χ4n) is 4.06. The van der Waals surface area contributed by atoms with Crippen molar-refractivity contribution in [2.45, 2.75) is 31.8 Å². The zero-order valence-electron chi connectivity index (χ0n) is 17.3. The van der Waals surface area contributed by atoms with Gasteiger partial charge in [-0.05, 0) is 55.2 Å². The summed E-state index contributed by atoms with van der Waals surface area (Å²) in [6.07, 6.45) is 2.05. The van der Waals surface area contributed by atoms with Crippen molar-refractivity contribution in [1.82, 2.24) is 15.1 Å². The Hall–Kier alpha value is -3.68. The number of imide groups is 1. The maximum atomic E-state index is 13.1. The van der Waals surface area contributed by atoms with Crippen molar-refractivity contribution in [1.29, 1.82) is 0 Å². The maximum Gasteiger partial charge on any atom is 0.325 e. The third kappa shape index (κ3) is 3.76. The molecule has 1 atom stereocenters. The molecule has 2 aliphatic rings. The third-order valence-electron chi connectivity index (χ3n) is 5.93. The van der Waals surface area contributed by atoms with E-state index in [2.05, 4.69) is 5.32 Å². The van der Waals surface area contributed by atoms with Crippen molar-refractivity contribution in [2.24, 2.45) is 5.73 Å². The molecule has 2 saturated heterocycles. The monoisotopic (exact) mass is 420 g/mol. The number of nitrogens with two attached hydrogens (primary N) is 1. The van der Waals surface area contributed by atoms with Crippen molar-refractivity contribution < 1.29 is 19.2 Å². The van der Waals surface area contributed by atoms with Crippen LogP contribution in [0, 0.1) is 0 Å². The largest absolute Gasteiger partial charge is 0.366 e. The van der Waals surface area contributed by atoms with E-state index in [0.29, 0.717) is 11.1 Å². The summed E-state index contributed by atoms with van der Waals surface area (Å²) in [5.74, 6) is -1.03. The minimum Gasteiger partial charge on any atom is -0.366 e. The second kappa shape index (κ2) is 7.86. The molecular formula is C23H24N4O4. The number of urea groups is 1. The number of nitrogens with zero attached hydrogens (tertiary/aromatic N) is 2. The predicted octanol–water partition coefficient (Wildman–Crippen LogP) is 1.99. The van der Waals surface area contributed by atoms with E-state index in [1.165, 1.54) is 6.07 Å². The summed E-state index contributed by atoms with van der Waals surface area (Å²) in [5, 5.41) is 2.72. The lowest BCUT2D eigenvalue weighted by Crippen LogP contribution is -2.41. The first-order chi connectivity index (χ1) is 14.8. The molecule has 2 aliphatic heterocycles. The average Bonchev–Trinajstić information content (AvgIpc) is 3.38. The molecule has 2 aromatic carbocycles. The molecule has 1 unspecified atom stereocenters. The molecule has 8 heteroatoms. The predicted molar refractivity (Wildman–Crippen MR) is 113 cm³/mol. The Kier molecular flexibility index (Phi) is 5.22. The number of rotatable bonds is 5. The molecule has 2 aromatic rings. The maximum absolute atomic E-state index is 13.1. The summed E-state index contributed by atoms with van der Waals surface area (Å²) < 4.78 is 0. The summed E-state index contributed by atoms with van der Waals surface area (Å²) in [5.41, 5.74) is 6.11. The molecule has 31 heavy (non-hydrogen) atoms. The van der Waals surface area contributed by atoms with Gasteiger partial charge in [-0.1, -0.05) is 24.3 Å². The Bertz CT molecular complexity index is 1060. The first-order valence-corrected chi connectivity index (χ1v) is 10.2. The van der Waals surface area contributed by atoms with E-state index in [9.17, 15) is 19.2 Å². The first kappa shape index (κ1) is 20.6. The fraction of sp³-hybridized carbons (Fsp3) is 0.304. The van der Waals surface area contributed by atoms with Gasteiger partial charge in [-0.15, -0.1) is 0 Å². The highest BCUT2D eigenvalue weighted by atomic mass is 16.2. The molecule has 0 bridgehead atoms. The van der Waals surface area contributed by atoms with Gasteiger partial charge >= 0.3 is 6.03 Å². The molecule has 3 N–H and O–H groups in total. The summed E-state index contributed by atoms with van der Waals surface area (Å²) in [6.45, 7) is 3.23. The van der Waals surface area contributed by atoms with Crippen LogP contribution in [0.1, 0.15) is 51.6 Å². The summed E-state index contributed by atoms with van der Waals surface area (Å²) in [6, 6.07) is 12.8. The minimum absolute atomic E-state index is 0.000879. The highest BCUT2D eigenvalue weighted by molar-refractivity contribution is 6.07. The lowest BCUT2D eigenvalue weighted by Gasteiger charge is -2.22. The molecule has 0 aromatic heterocycles. The SMILES string of the molecule is CC1(c2cccc(C(N)=O)c2)NC(=O)N(Cc2ccc(C(=O)N3CCCC3)cc2)C1=O. The molecule has 2 heterocycles. The van der Waals surface area contributed by atoms with Crippen LogP contribution in [0.2, 0.25) is 0 Å². The quantitative estimate of drug-likeness (QED) is 0.720. The highest BCUT2D eigenvalue weighted by Gasteiger charge is 2.49. The Morgan fingerprint density at radius 2 is 1.71 bits per heavy atom. The van der Waals surface area contributed by atoms with E-state index < -0.39 is 23.4 Å². The Labute approximate surface area is 180 Å². The number of carbonyl (C=O) groups excluding carboxylic acids is 4. The van der Waals surface area contributed by atoms with Gasteiger partial charge < -0.3 is 16.0 Å². The number of likely N-dealkylation sites (tertiary alicyclic amines) is 1. The lowest BCUT2D eigenvalue weighted by atomic mass is 9.90. The molecule has 160 valence electrons. The van der Waals surface area contributed by atoms with Crippen LogP contribution < -0.4 is 11.1 Å². The van der Waals surface area contributed by atoms with Gasteiger partial charge in [0.25, 0.3) is 11.8 Å². The molecule has 4 rings (SSSR count). The van der Waals surface area contributed by atoms with E-state index in [1.807, 2.05) is 4.90 Å². The first-order valence-electron chi connectivity index (χ1n) is 10.2. The number of amides is 5. The van der Waals surface area contributed by atoms with E-state index in [1.54, 1.807) is 49.4 Å². The van der Waals surface area contributed by atoms with Crippen LogP contribution >= 0.6 is 0 Å². The molecule has 0 aliphatic carbocycles. The zero-order valence-corrected chi connectivity index (χ0v) is 17.3. The molecular weight excluding hydrogens is 396 g/mol. The number of primary amides is 1. The number of carbonyl (C=O) groups is 4. The van der Waals surface area contributed by atoms with Gasteiger partial charge in [-0.25, -0.2) is 4.79 Å². The molecule has 8 nitrogen and oxygen atoms in total. The smallest absolute Gasteiger partial charge is 0.325 e. The second-order valence-electron chi connectivity index (χ2n) is 8.09. The number of benzene rings is 2. The van der Waals surface area contributed by atoms with Crippen LogP contribution in [-0.4, -0.2) is 46.6 Å². The summed E-state index contributed by atoms with van der Waals surface area (Å²) >= 11 is 0. The summed E-state index contributed by atoms with van der Waals surface area (Å²) in [7, 11) is 0. The second-order valence-corrected chi connectivity index (χ2v) is 8.09. The molecule has 5 amide bonds. The molecule has 0 radical (unpaired) electrons. The van der Waals surface area contributed by atoms with Gasteiger partial charge in [-0.2, -0.15) is 0 Å². The number of hydrogen-bond acceptors (Lipinski definition) is 4. The van der Waals surface area contributed by atoms with Gasteiger partial charge in [0.2, 0.25) is 5.91 Å². The van der Waals surface area contributed by atoms with Crippen LogP contribution in [0.4, 0.5) is 4.79 Å². The van der Waals surface area contributed by atoms with E-state index in [0.717, 1.165) is 36.4 Å². The van der Waals surface area contributed by atoms with Crippen molar-refractivity contribution in [3.05, 3.63) is 70.8 Å². The number of nitrogens with one attached hydrogen (secondary N) is 1. The zero-order chi connectivity index (χ0) is 22.2. The number of hydrogen-bond donors (Lipinski definition) is 2. The van der Waals surface area contributed by atoms with Crippen molar-refractivity contribution in [2.75, 3.05) is 13.1 Å². The van der Waals surface area contributed by atoms with Crippen LogP contribution in [-0.2, 0) is 16.9 Å². The van der Waals surface area contributed by atoms with E-state index in [4.69, 9.17) is 5.73 Å². The van der Waals surface area contributed by atoms with Crippen molar-refractivity contribution in [3.8, 4) is 0 Å². The Morgan fingerprint density at radius 3 is 2.35 bits per heavy atom. The van der Waals surface area contributed by atoms with Crippen LogP contribution in [0.3, 0.4) is 0 Å². The van der Waals surface area contributed by atoms with Crippen LogP contribution in [0.25, 0.3) is 0 Å². The average molecular weight is 420 g/mol. The minimum atomic E-state index is -1.30. The Morgan fingerprint density at radius 1 is 1.03 bits per heavy atom. The molecule has 2 fully saturated rings. The van der Waals surface area contributed by atoms with Crippen molar-refractivity contribution >= 4 is 23.8 Å². The fourth-order valence-corrected chi connectivity index (χ4v) is 4.06. The van der Waals surface area contributed by atoms with Gasteiger partial charge in [0.05, 0.1) is 6.54 Å². The van der Waals surface area contributed by atoms with Gasteiger partial charge in [0.15, 0.2) is 0 Å². The molecule has 0 spiro atoms. The lowest BCUT2D eigenvalue weighted by molar-refractivity contribution is -0.131. The van der Waals surface area contributed by atoms with E-state index >= 15 is 0 Å². The van der Waals surface area contributed by atoms with Crippen LogP contribution in [0.5, 0.6) is 0 Å². The van der Waals surface area contributed by atoms with Crippen molar-refractivity contribution in [3.63, 3.8) is 0 Å². The Balaban J connectivity index is 1.51. The van der Waals surface area contributed by atoms with Gasteiger partial charge in [0.1, 0.15) is 5.54 Å².